The molecule has 98 valence electrons. The Hall–Kier alpha value is -1.76. The van der Waals surface area contributed by atoms with Gasteiger partial charge in [-0.15, -0.1) is 0 Å². The molecule has 0 atom stereocenters. The quantitative estimate of drug-likeness (QED) is 0.915. The minimum Gasteiger partial charge on any atom is -0.468 e. The van der Waals surface area contributed by atoms with Gasteiger partial charge >= 0.3 is 6.18 Å². The Bertz CT molecular complexity index is 516. The van der Waals surface area contributed by atoms with E-state index in [-0.39, 0.29) is 6.54 Å². The molecule has 4 nitrogen and oxygen atoms in total. The highest BCUT2D eigenvalue weighted by atomic mass is 19.4. The van der Waals surface area contributed by atoms with Crippen LogP contribution in [0.25, 0.3) is 0 Å². The highest BCUT2D eigenvalue weighted by Crippen LogP contribution is 2.27. The average molecular weight is 259 g/mol. The molecular formula is C11H12F3N3O. The van der Waals surface area contributed by atoms with Crippen molar-refractivity contribution in [1.82, 2.24) is 15.1 Å². The zero-order valence-electron chi connectivity index (χ0n) is 9.66. The van der Waals surface area contributed by atoms with Crippen molar-refractivity contribution in [2.24, 2.45) is 0 Å². The van der Waals surface area contributed by atoms with Crippen LogP contribution in [0.5, 0.6) is 0 Å². The smallest absolute Gasteiger partial charge is 0.435 e. The normalized spacial score (nSPS) is 12.0. The van der Waals surface area contributed by atoms with E-state index in [0.717, 1.165) is 11.6 Å². The summed E-state index contributed by atoms with van der Waals surface area (Å²) in [5.41, 5.74) is -0.0812. The number of hydrogen-bond donors (Lipinski definition) is 1. The Morgan fingerprint density at radius 3 is 2.78 bits per heavy atom. The van der Waals surface area contributed by atoms with Crippen molar-refractivity contribution in [2.45, 2.75) is 19.3 Å². The largest absolute Gasteiger partial charge is 0.468 e. The van der Waals surface area contributed by atoms with Crippen molar-refractivity contribution < 1.29 is 17.6 Å². The Morgan fingerprint density at radius 2 is 2.17 bits per heavy atom. The first-order valence-electron chi connectivity index (χ1n) is 5.31. The number of alkyl halides is 3. The summed E-state index contributed by atoms with van der Waals surface area (Å²) < 4.78 is 43.6. The SMILES string of the molecule is CNCc1occc1Cn1ccc(C(F)(F)F)n1. The van der Waals surface area contributed by atoms with E-state index < -0.39 is 11.9 Å². The molecule has 0 saturated heterocycles. The van der Waals surface area contributed by atoms with Gasteiger partial charge in [-0.25, -0.2) is 0 Å². The van der Waals surface area contributed by atoms with Gasteiger partial charge in [0.05, 0.1) is 19.4 Å². The predicted molar refractivity (Wildman–Crippen MR) is 57.8 cm³/mol. The van der Waals surface area contributed by atoms with Gasteiger partial charge in [-0.2, -0.15) is 18.3 Å². The van der Waals surface area contributed by atoms with Gasteiger partial charge in [0.1, 0.15) is 5.76 Å². The van der Waals surface area contributed by atoms with Crippen molar-refractivity contribution in [3.8, 4) is 0 Å². The third kappa shape index (κ3) is 2.73. The Morgan fingerprint density at radius 1 is 1.39 bits per heavy atom. The molecule has 2 heterocycles. The lowest BCUT2D eigenvalue weighted by Crippen LogP contribution is -2.10. The summed E-state index contributed by atoms with van der Waals surface area (Å²) in [6.45, 7) is 0.777. The fraction of sp³-hybridized carbons (Fsp3) is 0.364. The molecule has 2 aromatic rings. The van der Waals surface area contributed by atoms with Gasteiger partial charge in [-0.05, 0) is 19.2 Å². The Labute approximate surface area is 101 Å². The topological polar surface area (TPSA) is 43.0 Å². The lowest BCUT2D eigenvalue weighted by Gasteiger charge is -2.03. The third-order valence-electron chi connectivity index (χ3n) is 2.44. The number of aromatic nitrogens is 2. The van der Waals surface area contributed by atoms with E-state index in [9.17, 15) is 13.2 Å². The van der Waals surface area contributed by atoms with Crippen LogP contribution >= 0.6 is 0 Å². The lowest BCUT2D eigenvalue weighted by atomic mass is 10.2. The van der Waals surface area contributed by atoms with Crippen LogP contribution in [0.15, 0.2) is 29.0 Å². The highest BCUT2D eigenvalue weighted by Gasteiger charge is 2.33. The minimum atomic E-state index is -4.41. The van der Waals surface area contributed by atoms with Gasteiger partial charge in [0.2, 0.25) is 0 Å². The first-order valence-corrected chi connectivity index (χ1v) is 5.31. The molecule has 0 saturated carbocycles. The summed E-state index contributed by atoms with van der Waals surface area (Å²) in [6, 6.07) is 2.68. The van der Waals surface area contributed by atoms with Crippen LogP contribution in [0.3, 0.4) is 0 Å². The molecule has 7 heteroatoms. The lowest BCUT2D eigenvalue weighted by molar-refractivity contribution is -0.141. The molecular weight excluding hydrogens is 247 g/mol. The van der Waals surface area contributed by atoms with E-state index in [1.54, 1.807) is 13.1 Å². The molecule has 0 fully saturated rings. The van der Waals surface area contributed by atoms with Crippen LogP contribution in [0.4, 0.5) is 13.2 Å². The molecule has 0 unspecified atom stereocenters. The second-order valence-corrected chi connectivity index (χ2v) is 3.80. The number of nitrogens with one attached hydrogen (secondary N) is 1. The number of hydrogen-bond acceptors (Lipinski definition) is 3. The van der Waals surface area contributed by atoms with E-state index in [0.29, 0.717) is 12.3 Å². The summed E-state index contributed by atoms with van der Waals surface area (Å²) >= 11 is 0. The molecule has 2 rings (SSSR count). The van der Waals surface area contributed by atoms with Crippen LogP contribution in [0.1, 0.15) is 17.0 Å². The molecule has 0 aliphatic heterocycles. The summed E-state index contributed by atoms with van der Waals surface area (Å²) in [5.74, 6) is 0.696. The van der Waals surface area contributed by atoms with Crippen LogP contribution in [-0.2, 0) is 19.3 Å². The average Bonchev–Trinajstić information content (AvgIpc) is 2.89. The van der Waals surface area contributed by atoms with E-state index in [4.69, 9.17) is 4.42 Å². The Balaban J connectivity index is 2.14. The van der Waals surface area contributed by atoms with E-state index in [2.05, 4.69) is 10.4 Å². The van der Waals surface area contributed by atoms with Gasteiger partial charge in [0.15, 0.2) is 5.69 Å². The zero-order chi connectivity index (χ0) is 13.2. The zero-order valence-corrected chi connectivity index (χ0v) is 9.66. The van der Waals surface area contributed by atoms with Crippen LogP contribution in [-0.4, -0.2) is 16.8 Å². The van der Waals surface area contributed by atoms with Crippen molar-refractivity contribution >= 4 is 0 Å². The molecule has 0 aliphatic carbocycles. The first kappa shape index (κ1) is 12.7. The van der Waals surface area contributed by atoms with Gasteiger partial charge in [-0.1, -0.05) is 0 Å². The van der Waals surface area contributed by atoms with Gasteiger partial charge in [0, 0.05) is 11.8 Å². The summed E-state index contributed by atoms with van der Waals surface area (Å²) in [6.07, 6.45) is -1.59. The summed E-state index contributed by atoms with van der Waals surface area (Å²) in [5, 5.41) is 6.41. The van der Waals surface area contributed by atoms with Crippen LogP contribution < -0.4 is 5.32 Å². The van der Waals surface area contributed by atoms with Gasteiger partial charge < -0.3 is 9.73 Å². The van der Waals surface area contributed by atoms with Crippen molar-refractivity contribution in [1.29, 1.82) is 0 Å². The molecule has 0 amide bonds. The maximum atomic E-state index is 12.4. The molecule has 0 bridgehead atoms. The maximum Gasteiger partial charge on any atom is 0.435 e. The number of rotatable bonds is 4. The summed E-state index contributed by atoms with van der Waals surface area (Å²) in [4.78, 5) is 0. The van der Waals surface area contributed by atoms with Crippen molar-refractivity contribution in [3.63, 3.8) is 0 Å². The molecule has 0 spiro atoms. The maximum absolute atomic E-state index is 12.4. The molecule has 1 N–H and O–H groups in total. The standard InChI is InChI=1S/C11H12F3N3O/c1-15-6-9-8(3-5-18-9)7-17-4-2-10(16-17)11(12,13)14/h2-5,15H,6-7H2,1H3. The van der Waals surface area contributed by atoms with E-state index in [1.807, 2.05) is 0 Å². The highest BCUT2D eigenvalue weighted by molar-refractivity contribution is 5.17. The fourth-order valence-electron chi connectivity index (χ4n) is 1.60. The minimum absolute atomic E-state index is 0.254. The number of furan rings is 1. The molecule has 0 aromatic carbocycles. The second-order valence-electron chi connectivity index (χ2n) is 3.80. The third-order valence-corrected chi connectivity index (χ3v) is 2.44. The fourth-order valence-corrected chi connectivity index (χ4v) is 1.60. The van der Waals surface area contributed by atoms with E-state index >= 15 is 0 Å². The number of halogens is 3. The first-order chi connectivity index (χ1) is 8.50. The second kappa shape index (κ2) is 4.85. The predicted octanol–water partition coefficient (Wildman–Crippen LogP) is 2.26. The molecule has 18 heavy (non-hydrogen) atoms. The Kier molecular flexibility index (Phi) is 3.42. The molecule has 0 aliphatic rings. The van der Waals surface area contributed by atoms with Crippen molar-refractivity contribution in [2.75, 3.05) is 7.05 Å². The monoisotopic (exact) mass is 259 g/mol. The van der Waals surface area contributed by atoms with E-state index in [1.165, 1.54) is 17.1 Å². The van der Waals surface area contributed by atoms with Crippen LogP contribution in [0.2, 0.25) is 0 Å². The molecule has 2 aromatic heterocycles. The van der Waals surface area contributed by atoms with Gasteiger partial charge in [-0.3, -0.25) is 4.68 Å². The number of nitrogens with zero attached hydrogens (tertiary/aromatic N) is 2. The summed E-state index contributed by atoms with van der Waals surface area (Å²) in [7, 11) is 1.77. The van der Waals surface area contributed by atoms with Crippen molar-refractivity contribution in [3.05, 3.63) is 41.6 Å². The van der Waals surface area contributed by atoms with Gasteiger partial charge in [0.25, 0.3) is 0 Å². The van der Waals surface area contributed by atoms with Crippen LogP contribution in [0, 0.1) is 0 Å². The molecule has 0 radical (unpaired) electrons.